The van der Waals surface area contributed by atoms with Crippen LogP contribution in [0.2, 0.25) is 0 Å². The fraction of sp³-hybridized carbons (Fsp3) is 0.263. The van der Waals surface area contributed by atoms with Gasteiger partial charge in [-0.1, -0.05) is 60.2 Å². The SMILES string of the molecule is Cc1ccc(C2=CC=C(C3=CC=CCC3)CC2)cc1.I.I. The summed E-state index contributed by atoms with van der Waals surface area (Å²) in [5, 5.41) is 0. The van der Waals surface area contributed by atoms with Gasteiger partial charge in [0.2, 0.25) is 0 Å². The fourth-order valence-corrected chi connectivity index (χ4v) is 2.78. The van der Waals surface area contributed by atoms with Crippen LogP contribution in [0.3, 0.4) is 0 Å². The van der Waals surface area contributed by atoms with Crippen LogP contribution in [-0.2, 0) is 0 Å². The van der Waals surface area contributed by atoms with Gasteiger partial charge in [-0.05, 0) is 54.9 Å². The van der Waals surface area contributed by atoms with E-state index < -0.39 is 0 Å². The topological polar surface area (TPSA) is 0 Å². The van der Waals surface area contributed by atoms with E-state index in [2.05, 4.69) is 61.6 Å². The van der Waals surface area contributed by atoms with Crippen molar-refractivity contribution in [3.05, 3.63) is 76.9 Å². The molecule has 0 saturated carbocycles. The predicted octanol–water partition coefficient (Wildman–Crippen LogP) is 6.61. The second-order valence-electron chi connectivity index (χ2n) is 5.41. The van der Waals surface area contributed by atoms with Crippen LogP contribution in [-0.4, -0.2) is 0 Å². The number of halogens is 2. The normalized spacial score (nSPS) is 16.9. The Hall–Kier alpha value is -0.360. The minimum absolute atomic E-state index is 0. The maximum Gasteiger partial charge on any atom is -0.0224 e. The van der Waals surface area contributed by atoms with Crippen molar-refractivity contribution >= 4 is 53.5 Å². The van der Waals surface area contributed by atoms with Crippen molar-refractivity contribution in [2.45, 2.75) is 32.6 Å². The molecule has 0 nitrogen and oxygen atoms in total. The smallest absolute Gasteiger partial charge is 0.0224 e. The molecule has 1 aromatic carbocycles. The lowest BCUT2D eigenvalue weighted by Crippen LogP contribution is -1.98. The summed E-state index contributed by atoms with van der Waals surface area (Å²) in [4.78, 5) is 0. The van der Waals surface area contributed by atoms with E-state index in [0.717, 1.165) is 6.42 Å². The Morgan fingerprint density at radius 2 is 1.33 bits per heavy atom. The van der Waals surface area contributed by atoms with Crippen LogP contribution in [0.4, 0.5) is 0 Å². The van der Waals surface area contributed by atoms with E-state index in [1.807, 2.05) is 0 Å². The summed E-state index contributed by atoms with van der Waals surface area (Å²) in [5.74, 6) is 0. The average Bonchev–Trinajstić information content (AvgIpc) is 2.49. The first-order valence-electron chi connectivity index (χ1n) is 7.16. The molecule has 0 aromatic heterocycles. The van der Waals surface area contributed by atoms with Gasteiger partial charge in [-0.3, -0.25) is 0 Å². The zero-order chi connectivity index (χ0) is 13.1. The van der Waals surface area contributed by atoms with Gasteiger partial charge in [0.25, 0.3) is 0 Å². The molecule has 112 valence electrons. The van der Waals surface area contributed by atoms with Crippen molar-refractivity contribution in [1.29, 1.82) is 0 Å². The highest BCUT2D eigenvalue weighted by Gasteiger charge is 2.12. The van der Waals surface area contributed by atoms with Gasteiger partial charge in [-0.25, -0.2) is 0 Å². The monoisotopic (exact) mass is 504 g/mol. The molecule has 1 aromatic rings. The van der Waals surface area contributed by atoms with Crippen LogP contribution in [0.1, 0.15) is 36.8 Å². The minimum Gasteiger partial charge on any atom is -0.107 e. The second-order valence-corrected chi connectivity index (χ2v) is 5.41. The molecule has 2 aliphatic carbocycles. The molecule has 2 aliphatic rings. The molecule has 0 radical (unpaired) electrons. The zero-order valence-electron chi connectivity index (χ0n) is 12.3. The van der Waals surface area contributed by atoms with Crippen molar-refractivity contribution in [3.63, 3.8) is 0 Å². The van der Waals surface area contributed by atoms with Crippen molar-refractivity contribution in [3.8, 4) is 0 Å². The number of rotatable bonds is 2. The Morgan fingerprint density at radius 3 is 1.90 bits per heavy atom. The molecule has 3 rings (SSSR count). The highest BCUT2D eigenvalue weighted by Crippen LogP contribution is 2.32. The van der Waals surface area contributed by atoms with Crippen molar-refractivity contribution in [2.75, 3.05) is 0 Å². The molecule has 0 atom stereocenters. The van der Waals surface area contributed by atoms with Crippen LogP contribution in [0.25, 0.3) is 5.57 Å². The summed E-state index contributed by atoms with van der Waals surface area (Å²) in [5.41, 5.74) is 7.23. The molecular weight excluding hydrogens is 482 g/mol. The Bertz CT molecular complexity index is 586. The Balaban J connectivity index is 0.00000110. The van der Waals surface area contributed by atoms with Crippen LogP contribution in [0.5, 0.6) is 0 Å². The maximum atomic E-state index is 2.32. The molecule has 21 heavy (non-hydrogen) atoms. The summed E-state index contributed by atoms with van der Waals surface area (Å²) in [6.45, 7) is 2.14. The third-order valence-corrected chi connectivity index (χ3v) is 4.00. The van der Waals surface area contributed by atoms with E-state index in [4.69, 9.17) is 0 Å². The summed E-state index contributed by atoms with van der Waals surface area (Å²) < 4.78 is 0. The van der Waals surface area contributed by atoms with E-state index in [9.17, 15) is 0 Å². The molecule has 0 heterocycles. The number of aryl methyl sites for hydroxylation is 1. The van der Waals surface area contributed by atoms with Gasteiger partial charge in [0, 0.05) is 0 Å². The van der Waals surface area contributed by atoms with Gasteiger partial charge in [-0.2, -0.15) is 0 Å². The van der Waals surface area contributed by atoms with Crippen LogP contribution >= 0.6 is 48.0 Å². The molecular formula is C19H22I2. The van der Waals surface area contributed by atoms with Crippen LogP contribution < -0.4 is 0 Å². The molecule has 0 amide bonds. The molecule has 0 spiro atoms. The van der Waals surface area contributed by atoms with Crippen molar-refractivity contribution in [2.24, 2.45) is 0 Å². The molecule has 0 N–H and O–H groups in total. The van der Waals surface area contributed by atoms with E-state index in [1.165, 1.54) is 47.1 Å². The zero-order valence-corrected chi connectivity index (χ0v) is 17.0. The Labute approximate surface area is 162 Å². The first-order chi connectivity index (χ1) is 9.33. The fourth-order valence-electron chi connectivity index (χ4n) is 2.78. The highest BCUT2D eigenvalue weighted by molar-refractivity contribution is 14.0. The largest absolute Gasteiger partial charge is 0.107 e. The van der Waals surface area contributed by atoms with Crippen molar-refractivity contribution in [1.82, 2.24) is 0 Å². The predicted molar refractivity (Wildman–Crippen MR) is 114 cm³/mol. The standard InChI is InChI=1S/C19H20.2HI/c1-15-7-9-17(10-8-15)19-13-11-18(12-14-19)16-5-3-2-4-6-16;;/h2-3,5,7-11,13H,4,6,12,14H2,1H3;2*1H. The molecule has 0 unspecified atom stereocenters. The van der Waals surface area contributed by atoms with E-state index >= 15 is 0 Å². The van der Waals surface area contributed by atoms with Gasteiger partial charge in [0.1, 0.15) is 0 Å². The van der Waals surface area contributed by atoms with Gasteiger partial charge in [0.05, 0.1) is 0 Å². The van der Waals surface area contributed by atoms with Gasteiger partial charge < -0.3 is 0 Å². The molecule has 0 bridgehead atoms. The third kappa shape index (κ3) is 4.81. The Morgan fingerprint density at radius 1 is 0.714 bits per heavy atom. The van der Waals surface area contributed by atoms with Gasteiger partial charge in [-0.15, -0.1) is 48.0 Å². The molecule has 0 fully saturated rings. The quantitative estimate of drug-likeness (QED) is 0.398. The second kappa shape index (κ2) is 8.93. The van der Waals surface area contributed by atoms with E-state index in [1.54, 1.807) is 0 Å². The van der Waals surface area contributed by atoms with Gasteiger partial charge >= 0.3 is 0 Å². The first kappa shape index (κ1) is 18.7. The summed E-state index contributed by atoms with van der Waals surface area (Å²) in [6.07, 6.45) is 16.1. The third-order valence-electron chi connectivity index (χ3n) is 4.00. The van der Waals surface area contributed by atoms with Crippen LogP contribution in [0, 0.1) is 6.92 Å². The minimum atomic E-state index is 0. The lowest BCUT2D eigenvalue weighted by atomic mass is 9.87. The lowest BCUT2D eigenvalue weighted by molar-refractivity contribution is 0.905. The summed E-state index contributed by atoms with van der Waals surface area (Å²) >= 11 is 0. The van der Waals surface area contributed by atoms with E-state index in [0.29, 0.717) is 0 Å². The first-order valence-corrected chi connectivity index (χ1v) is 7.16. The highest BCUT2D eigenvalue weighted by atomic mass is 127. The number of benzene rings is 1. The number of allylic oxidation sites excluding steroid dienone is 8. The average molecular weight is 504 g/mol. The maximum absolute atomic E-state index is 2.32. The summed E-state index contributed by atoms with van der Waals surface area (Å²) in [6, 6.07) is 8.87. The Kier molecular flexibility index (Phi) is 7.95. The molecule has 0 saturated heterocycles. The molecule has 0 aliphatic heterocycles. The van der Waals surface area contributed by atoms with Crippen molar-refractivity contribution < 1.29 is 0 Å². The molecule has 2 heteroatoms. The number of hydrogen-bond acceptors (Lipinski definition) is 0. The lowest BCUT2D eigenvalue weighted by Gasteiger charge is -2.18. The summed E-state index contributed by atoms with van der Waals surface area (Å²) in [7, 11) is 0. The van der Waals surface area contributed by atoms with Gasteiger partial charge in [0.15, 0.2) is 0 Å². The number of hydrogen-bond donors (Lipinski definition) is 0. The van der Waals surface area contributed by atoms with Crippen LogP contribution in [0.15, 0.2) is 65.8 Å². The van der Waals surface area contributed by atoms with E-state index in [-0.39, 0.29) is 48.0 Å².